The number of rotatable bonds is 0. The predicted octanol–water partition coefficient (Wildman–Crippen LogP) is 0.233. The minimum absolute atomic E-state index is 0.355. The van der Waals surface area contributed by atoms with Crippen LogP contribution in [-0.4, -0.2) is 22.2 Å². The van der Waals surface area contributed by atoms with E-state index in [1.54, 1.807) is 24.3 Å². The average Bonchev–Trinajstić information content (AvgIpc) is 2.61. The van der Waals surface area contributed by atoms with E-state index in [4.69, 9.17) is 0 Å². The lowest BCUT2D eigenvalue weighted by molar-refractivity contribution is -0.124. The van der Waals surface area contributed by atoms with Crippen molar-refractivity contribution in [3.05, 3.63) is 29.8 Å². The highest BCUT2D eigenvalue weighted by Crippen LogP contribution is 2.38. The zero-order valence-corrected chi connectivity index (χ0v) is 9.67. The maximum absolute atomic E-state index is 11.9. The van der Waals surface area contributed by atoms with Crippen LogP contribution >= 0.6 is 0 Å². The van der Waals surface area contributed by atoms with Gasteiger partial charge in [0.25, 0.3) is 5.91 Å². The van der Waals surface area contributed by atoms with E-state index >= 15 is 0 Å². The Kier molecular flexibility index (Phi) is 2.17. The third-order valence-electron chi connectivity index (χ3n) is 3.20. The van der Waals surface area contributed by atoms with Gasteiger partial charge in [0.05, 0.1) is 0 Å². The van der Waals surface area contributed by atoms with Crippen LogP contribution in [0.15, 0.2) is 29.2 Å². The molecule has 1 aromatic rings. The molecule has 2 unspecified atom stereocenters. The summed E-state index contributed by atoms with van der Waals surface area (Å²) < 4.78 is 11.9. The predicted molar refractivity (Wildman–Crippen MR) is 60.7 cm³/mol. The lowest BCUT2D eigenvalue weighted by atomic mass is 9.87. The number of carbonyl (C=O) groups excluding carboxylic acids is 2. The summed E-state index contributed by atoms with van der Waals surface area (Å²) in [6.45, 7) is 0. The van der Waals surface area contributed by atoms with Crippen molar-refractivity contribution in [1.29, 1.82) is 0 Å². The lowest BCUT2D eigenvalue weighted by Gasteiger charge is -2.32. The average molecular weight is 250 g/mol. The van der Waals surface area contributed by atoms with Crippen molar-refractivity contribution in [2.24, 2.45) is 0 Å². The van der Waals surface area contributed by atoms with Gasteiger partial charge in [-0.3, -0.25) is 10.1 Å². The van der Waals surface area contributed by atoms with Gasteiger partial charge in [-0.05, 0) is 17.2 Å². The second-order valence-electron chi connectivity index (χ2n) is 4.11. The molecule has 3 rings (SSSR count). The van der Waals surface area contributed by atoms with E-state index < -0.39 is 22.7 Å². The Hall–Kier alpha value is -1.53. The van der Waals surface area contributed by atoms with Crippen LogP contribution in [0.5, 0.6) is 0 Å². The molecule has 0 aliphatic carbocycles. The van der Waals surface area contributed by atoms with Crippen molar-refractivity contribution in [3.63, 3.8) is 0 Å². The van der Waals surface area contributed by atoms with Gasteiger partial charge in [0.15, 0.2) is 10.4 Å². The van der Waals surface area contributed by atoms with E-state index in [2.05, 4.69) is 10.6 Å². The summed E-state index contributed by atoms with van der Waals surface area (Å²) >= 11 is -1.09. The molecule has 1 spiro atoms. The summed E-state index contributed by atoms with van der Waals surface area (Å²) in [7, 11) is 0. The first-order chi connectivity index (χ1) is 8.13. The van der Waals surface area contributed by atoms with Gasteiger partial charge in [0.2, 0.25) is 0 Å². The molecule has 5 nitrogen and oxygen atoms in total. The SMILES string of the molecule is O=C1NC(=O)C2(CC[S+]([O-])c3ccccc32)N1. The molecule has 2 atom stereocenters. The van der Waals surface area contributed by atoms with Crippen LogP contribution < -0.4 is 10.6 Å². The van der Waals surface area contributed by atoms with Gasteiger partial charge in [0.1, 0.15) is 5.75 Å². The number of carbonyl (C=O) groups is 2. The Morgan fingerprint density at radius 3 is 2.76 bits per heavy atom. The molecule has 2 aliphatic heterocycles. The van der Waals surface area contributed by atoms with E-state index in [1.807, 2.05) is 0 Å². The summed E-state index contributed by atoms with van der Waals surface area (Å²) in [5.41, 5.74) is -0.380. The topological polar surface area (TPSA) is 81.3 Å². The quantitative estimate of drug-likeness (QED) is 0.511. The fourth-order valence-electron chi connectivity index (χ4n) is 2.37. The first-order valence-corrected chi connectivity index (χ1v) is 6.57. The van der Waals surface area contributed by atoms with Gasteiger partial charge < -0.3 is 9.87 Å². The Morgan fingerprint density at radius 1 is 1.29 bits per heavy atom. The molecule has 2 aliphatic rings. The third-order valence-corrected chi connectivity index (χ3v) is 4.62. The smallest absolute Gasteiger partial charge is 0.322 e. The van der Waals surface area contributed by atoms with Crippen molar-refractivity contribution in [2.45, 2.75) is 16.9 Å². The largest absolute Gasteiger partial charge is 0.611 e. The van der Waals surface area contributed by atoms with Crippen molar-refractivity contribution in [2.75, 3.05) is 5.75 Å². The number of amides is 3. The molecule has 0 radical (unpaired) electrons. The van der Waals surface area contributed by atoms with Crippen LogP contribution in [0.25, 0.3) is 0 Å². The van der Waals surface area contributed by atoms with E-state index in [-0.39, 0.29) is 5.91 Å². The fourth-order valence-corrected chi connectivity index (χ4v) is 3.79. The van der Waals surface area contributed by atoms with Gasteiger partial charge in [-0.1, -0.05) is 18.2 Å². The van der Waals surface area contributed by atoms with Gasteiger partial charge in [-0.25, -0.2) is 4.79 Å². The minimum atomic E-state index is -1.09. The van der Waals surface area contributed by atoms with Crippen LogP contribution in [0.1, 0.15) is 12.0 Å². The number of hydrogen-bond donors (Lipinski definition) is 2. The highest BCUT2D eigenvalue weighted by atomic mass is 32.2. The molecule has 0 aromatic heterocycles. The summed E-state index contributed by atoms with van der Waals surface area (Å²) in [6.07, 6.45) is 0.369. The van der Waals surface area contributed by atoms with Crippen molar-refractivity contribution in [1.82, 2.24) is 10.6 Å². The Bertz CT molecular complexity index is 519. The van der Waals surface area contributed by atoms with Gasteiger partial charge in [-0.2, -0.15) is 0 Å². The molecule has 0 bridgehead atoms. The second kappa shape index (κ2) is 3.48. The summed E-state index contributed by atoms with van der Waals surface area (Å²) in [5.74, 6) is 0.0247. The molecule has 0 saturated carbocycles. The van der Waals surface area contributed by atoms with E-state index in [1.165, 1.54) is 0 Å². The molecular weight excluding hydrogens is 240 g/mol. The van der Waals surface area contributed by atoms with E-state index in [0.717, 1.165) is 0 Å². The number of hydrogen-bond acceptors (Lipinski definition) is 3. The Morgan fingerprint density at radius 2 is 2.06 bits per heavy atom. The number of imide groups is 1. The zero-order valence-electron chi connectivity index (χ0n) is 8.86. The summed E-state index contributed by atoms with van der Waals surface area (Å²) in [4.78, 5) is 23.9. The number of nitrogens with one attached hydrogen (secondary N) is 2. The van der Waals surface area contributed by atoms with Crippen LogP contribution in [0.2, 0.25) is 0 Å². The van der Waals surface area contributed by atoms with Gasteiger partial charge in [0, 0.05) is 12.0 Å². The molecule has 2 N–H and O–H groups in total. The molecule has 1 aromatic carbocycles. The molecule has 6 heteroatoms. The third kappa shape index (κ3) is 1.37. The molecule has 1 fully saturated rings. The van der Waals surface area contributed by atoms with E-state index in [0.29, 0.717) is 22.6 Å². The van der Waals surface area contributed by atoms with Crippen LogP contribution in [-0.2, 0) is 21.5 Å². The minimum Gasteiger partial charge on any atom is -0.611 e. The zero-order chi connectivity index (χ0) is 12.0. The monoisotopic (exact) mass is 250 g/mol. The molecule has 17 heavy (non-hydrogen) atoms. The maximum atomic E-state index is 11.9. The normalized spacial score (nSPS) is 31.0. The number of benzene rings is 1. The Labute approximate surface area is 101 Å². The number of urea groups is 1. The fraction of sp³-hybridized carbons (Fsp3) is 0.273. The lowest BCUT2D eigenvalue weighted by Crippen LogP contribution is -2.48. The van der Waals surface area contributed by atoms with Crippen molar-refractivity contribution >= 4 is 23.1 Å². The Balaban J connectivity index is 2.18. The first-order valence-electron chi connectivity index (χ1n) is 5.25. The highest BCUT2D eigenvalue weighted by Gasteiger charge is 2.53. The molecule has 3 amide bonds. The number of fused-ring (bicyclic) bond motifs is 2. The standard InChI is InChI=1S/C11H10N2O3S/c14-9-11(13-10(15)12-9)5-6-17(16)8-4-2-1-3-7(8)11/h1-4H,5-6H2,(H2,12,13,14,15). The maximum Gasteiger partial charge on any atom is 0.322 e. The van der Waals surface area contributed by atoms with Crippen molar-refractivity contribution < 1.29 is 14.1 Å². The second-order valence-corrected chi connectivity index (χ2v) is 5.65. The highest BCUT2D eigenvalue weighted by molar-refractivity contribution is 7.91. The molecular formula is C11H10N2O3S. The summed E-state index contributed by atoms with van der Waals surface area (Å²) in [6, 6.07) is 6.56. The van der Waals surface area contributed by atoms with E-state index in [9.17, 15) is 14.1 Å². The molecule has 2 heterocycles. The molecule has 88 valence electrons. The van der Waals surface area contributed by atoms with Crippen LogP contribution in [0, 0.1) is 0 Å². The van der Waals surface area contributed by atoms with Gasteiger partial charge in [-0.15, -0.1) is 0 Å². The first kappa shape index (κ1) is 10.6. The molecule has 1 saturated heterocycles. The van der Waals surface area contributed by atoms with Crippen molar-refractivity contribution in [3.8, 4) is 0 Å². The summed E-state index contributed by atoms with van der Waals surface area (Å²) in [5, 5.41) is 4.91. The van der Waals surface area contributed by atoms with Crippen LogP contribution in [0.4, 0.5) is 4.79 Å². The van der Waals surface area contributed by atoms with Gasteiger partial charge >= 0.3 is 6.03 Å². The van der Waals surface area contributed by atoms with Crippen LogP contribution in [0.3, 0.4) is 0 Å².